The number of halogens is 1. The standard InChI is InChI=1S/C21H24ClN3O2/c1-14-4-3-5-18(15(14)2)21(27)25-12-10-24(11-13-25)19(20(23)26)16-6-8-17(22)9-7-16/h3-9,19H,10-13H2,1-2H3,(H2,23,26). The van der Waals surface area contributed by atoms with E-state index in [-0.39, 0.29) is 5.91 Å². The normalized spacial score (nSPS) is 16.2. The predicted octanol–water partition coefficient (Wildman–Crippen LogP) is 2.94. The monoisotopic (exact) mass is 385 g/mol. The lowest BCUT2D eigenvalue weighted by atomic mass is 10.0. The molecule has 1 aliphatic heterocycles. The van der Waals surface area contributed by atoms with E-state index < -0.39 is 11.9 Å². The van der Waals surface area contributed by atoms with Crippen molar-refractivity contribution < 1.29 is 9.59 Å². The van der Waals surface area contributed by atoms with Gasteiger partial charge in [0.1, 0.15) is 6.04 Å². The molecule has 27 heavy (non-hydrogen) atoms. The Morgan fingerprint density at radius 3 is 2.22 bits per heavy atom. The van der Waals surface area contributed by atoms with E-state index in [0.29, 0.717) is 31.2 Å². The summed E-state index contributed by atoms with van der Waals surface area (Å²) >= 11 is 5.94. The Morgan fingerprint density at radius 2 is 1.63 bits per heavy atom. The van der Waals surface area contributed by atoms with Gasteiger partial charge in [-0.15, -0.1) is 0 Å². The third-order valence-electron chi connectivity index (χ3n) is 5.26. The number of primary amides is 1. The topological polar surface area (TPSA) is 66.6 Å². The predicted molar refractivity (Wildman–Crippen MR) is 107 cm³/mol. The minimum atomic E-state index is -0.514. The van der Waals surface area contributed by atoms with Gasteiger partial charge in [-0.05, 0) is 48.7 Å². The second kappa shape index (κ2) is 8.11. The molecule has 6 heteroatoms. The van der Waals surface area contributed by atoms with Crippen molar-refractivity contribution in [3.63, 3.8) is 0 Å². The van der Waals surface area contributed by atoms with Crippen molar-refractivity contribution in [3.8, 4) is 0 Å². The van der Waals surface area contributed by atoms with Crippen LogP contribution in [0.25, 0.3) is 0 Å². The SMILES string of the molecule is Cc1cccc(C(=O)N2CCN(C(C(N)=O)c3ccc(Cl)cc3)CC2)c1C. The second-order valence-corrected chi connectivity index (χ2v) is 7.37. The van der Waals surface area contributed by atoms with Crippen LogP contribution in [-0.4, -0.2) is 47.8 Å². The Kier molecular flexibility index (Phi) is 5.82. The van der Waals surface area contributed by atoms with Gasteiger partial charge in [-0.3, -0.25) is 14.5 Å². The van der Waals surface area contributed by atoms with Crippen LogP contribution in [0.15, 0.2) is 42.5 Å². The van der Waals surface area contributed by atoms with Gasteiger partial charge in [0.15, 0.2) is 0 Å². The van der Waals surface area contributed by atoms with Crippen molar-refractivity contribution >= 4 is 23.4 Å². The van der Waals surface area contributed by atoms with Crippen molar-refractivity contribution in [2.45, 2.75) is 19.9 Å². The maximum Gasteiger partial charge on any atom is 0.254 e. The quantitative estimate of drug-likeness (QED) is 0.879. The van der Waals surface area contributed by atoms with E-state index in [1.807, 2.05) is 54.0 Å². The fraction of sp³-hybridized carbons (Fsp3) is 0.333. The summed E-state index contributed by atoms with van der Waals surface area (Å²) in [5, 5.41) is 0.617. The Hall–Kier alpha value is -2.37. The molecule has 0 spiro atoms. The van der Waals surface area contributed by atoms with Crippen LogP contribution < -0.4 is 5.73 Å². The Bertz CT molecular complexity index is 843. The minimum absolute atomic E-state index is 0.0398. The first-order chi connectivity index (χ1) is 12.9. The highest BCUT2D eigenvalue weighted by atomic mass is 35.5. The fourth-order valence-electron chi connectivity index (χ4n) is 3.54. The van der Waals surface area contributed by atoms with Crippen LogP contribution in [0, 0.1) is 13.8 Å². The summed E-state index contributed by atoms with van der Waals surface area (Å²) in [6.07, 6.45) is 0. The van der Waals surface area contributed by atoms with Gasteiger partial charge >= 0.3 is 0 Å². The lowest BCUT2D eigenvalue weighted by Gasteiger charge is -2.38. The number of hydrogen-bond acceptors (Lipinski definition) is 3. The maximum atomic E-state index is 12.9. The van der Waals surface area contributed by atoms with Crippen LogP contribution >= 0.6 is 11.6 Å². The number of nitrogens with two attached hydrogens (primary N) is 1. The number of aryl methyl sites for hydroxylation is 1. The molecule has 2 amide bonds. The van der Waals surface area contributed by atoms with Gasteiger partial charge < -0.3 is 10.6 Å². The van der Waals surface area contributed by atoms with Gasteiger partial charge in [0.05, 0.1) is 0 Å². The molecule has 0 saturated carbocycles. The molecule has 1 aliphatic rings. The summed E-state index contributed by atoms with van der Waals surface area (Å²) in [5.74, 6) is -0.357. The number of piperazine rings is 1. The van der Waals surface area contributed by atoms with Crippen LogP contribution in [0.5, 0.6) is 0 Å². The van der Waals surface area contributed by atoms with Crippen LogP contribution in [-0.2, 0) is 4.79 Å². The Morgan fingerprint density at radius 1 is 1.00 bits per heavy atom. The van der Waals surface area contributed by atoms with Gasteiger partial charge in [0.2, 0.25) is 5.91 Å². The molecule has 1 fully saturated rings. The van der Waals surface area contributed by atoms with Crippen molar-refractivity contribution in [3.05, 3.63) is 69.7 Å². The highest BCUT2D eigenvalue weighted by molar-refractivity contribution is 6.30. The molecule has 0 bridgehead atoms. The summed E-state index contributed by atoms with van der Waals surface area (Å²) in [7, 11) is 0. The minimum Gasteiger partial charge on any atom is -0.368 e. The number of hydrogen-bond donors (Lipinski definition) is 1. The molecule has 142 valence electrons. The average molecular weight is 386 g/mol. The number of rotatable bonds is 4. The zero-order valence-corrected chi connectivity index (χ0v) is 16.4. The first-order valence-electron chi connectivity index (χ1n) is 9.03. The summed E-state index contributed by atoms with van der Waals surface area (Å²) in [6.45, 7) is 6.28. The molecule has 5 nitrogen and oxygen atoms in total. The number of carbonyl (C=O) groups excluding carboxylic acids is 2. The molecule has 0 aromatic heterocycles. The van der Waals surface area contributed by atoms with E-state index in [1.54, 1.807) is 12.1 Å². The van der Waals surface area contributed by atoms with E-state index in [1.165, 1.54) is 0 Å². The van der Waals surface area contributed by atoms with Crippen molar-refractivity contribution in [1.29, 1.82) is 0 Å². The number of amides is 2. The van der Waals surface area contributed by atoms with E-state index in [2.05, 4.69) is 0 Å². The van der Waals surface area contributed by atoms with E-state index in [9.17, 15) is 9.59 Å². The average Bonchev–Trinajstić information content (AvgIpc) is 2.65. The first kappa shape index (κ1) is 19.4. The maximum absolute atomic E-state index is 12.9. The number of nitrogens with zero attached hydrogens (tertiary/aromatic N) is 2. The molecule has 1 heterocycles. The zero-order valence-electron chi connectivity index (χ0n) is 15.6. The summed E-state index contributed by atoms with van der Waals surface area (Å²) in [6, 6.07) is 12.4. The third kappa shape index (κ3) is 4.15. The summed E-state index contributed by atoms with van der Waals surface area (Å²) < 4.78 is 0. The molecular weight excluding hydrogens is 362 g/mol. The van der Waals surface area contributed by atoms with Crippen LogP contribution in [0.4, 0.5) is 0 Å². The fourth-order valence-corrected chi connectivity index (χ4v) is 3.66. The van der Waals surface area contributed by atoms with Crippen molar-refractivity contribution in [1.82, 2.24) is 9.80 Å². The van der Waals surface area contributed by atoms with E-state index in [0.717, 1.165) is 22.3 Å². The number of carbonyl (C=O) groups is 2. The van der Waals surface area contributed by atoms with Crippen LogP contribution in [0.1, 0.15) is 33.1 Å². The van der Waals surface area contributed by atoms with Gasteiger partial charge in [-0.1, -0.05) is 35.9 Å². The molecule has 2 aromatic rings. The molecule has 0 aliphatic carbocycles. The van der Waals surface area contributed by atoms with E-state index in [4.69, 9.17) is 17.3 Å². The Balaban J connectivity index is 1.71. The molecule has 1 saturated heterocycles. The molecule has 3 rings (SSSR count). The molecule has 1 atom stereocenters. The summed E-state index contributed by atoms with van der Waals surface area (Å²) in [5.41, 5.74) is 9.35. The molecule has 0 radical (unpaired) electrons. The third-order valence-corrected chi connectivity index (χ3v) is 5.51. The highest BCUT2D eigenvalue weighted by Gasteiger charge is 2.31. The van der Waals surface area contributed by atoms with Crippen molar-refractivity contribution in [2.75, 3.05) is 26.2 Å². The van der Waals surface area contributed by atoms with Gasteiger partial charge in [-0.2, -0.15) is 0 Å². The lowest BCUT2D eigenvalue weighted by Crippen LogP contribution is -2.52. The van der Waals surface area contributed by atoms with Crippen LogP contribution in [0.3, 0.4) is 0 Å². The molecule has 2 N–H and O–H groups in total. The molecular formula is C21H24ClN3O2. The number of benzene rings is 2. The summed E-state index contributed by atoms with van der Waals surface area (Å²) in [4.78, 5) is 28.8. The highest BCUT2D eigenvalue weighted by Crippen LogP contribution is 2.24. The van der Waals surface area contributed by atoms with Crippen LogP contribution in [0.2, 0.25) is 5.02 Å². The smallest absolute Gasteiger partial charge is 0.254 e. The van der Waals surface area contributed by atoms with Gasteiger partial charge in [-0.25, -0.2) is 0 Å². The Labute approximate surface area is 164 Å². The van der Waals surface area contributed by atoms with Gasteiger partial charge in [0, 0.05) is 36.8 Å². The second-order valence-electron chi connectivity index (χ2n) is 6.93. The largest absolute Gasteiger partial charge is 0.368 e. The molecule has 1 unspecified atom stereocenters. The van der Waals surface area contributed by atoms with E-state index >= 15 is 0 Å². The first-order valence-corrected chi connectivity index (χ1v) is 9.40. The molecule has 2 aromatic carbocycles. The van der Waals surface area contributed by atoms with Gasteiger partial charge in [0.25, 0.3) is 5.91 Å². The lowest BCUT2D eigenvalue weighted by molar-refractivity contribution is -0.124. The van der Waals surface area contributed by atoms with Crippen molar-refractivity contribution in [2.24, 2.45) is 5.73 Å². The zero-order chi connectivity index (χ0) is 19.6.